The number of urea groups is 1. The average Bonchev–Trinajstić information content (AvgIpc) is 3.63. The van der Waals surface area contributed by atoms with Crippen LogP contribution in [-0.4, -0.2) is 86.1 Å². The maximum Gasteiger partial charge on any atom is 0.331 e. The Labute approximate surface area is 264 Å². The van der Waals surface area contributed by atoms with Crippen molar-refractivity contribution in [3.8, 4) is 11.5 Å². The van der Waals surface area contributed by atoms with Crippen molar-refractivity contribution in [2.45, 2.75) is 19.4 Å². The Bertz CT molecular complexity index is 1890. The normalized spacial score (nSPS) is 15.8. The first-order valence-electron chi connectivity index (χ1n) is 13.5. The van der Waals surface area contributed by atoms with Crippen LogP contribution in [0.15, 0.2) is 43.1 Å². The second-order valence-electron chi connectivity index (χ2n) is 10.5. The lowest BCUT2D eigenvalue weighted by atomic mass is 9.62. The van der Waals surface area contributed by atoms with Crippen LogP contribution in [-0.2, 0) is 4.79 Å². The first-order valence-corrected chi connectivity index (χ1v) is 14.4. The van der Waals surface area contributed by atoms with Crippen LogP contribution in [0.1, 0.15) is 21.7 Å². The second-order valence-corrected chi connectivity index (χ2v) is 11.5. The van der Waals surface area contributed by atoms with Crippen LogP contribution in [0.2, 0.25) is 0 Å². The molecule has 0 bridgehead atoms. The van der Waals surface area contributed by atoms with Crippen molar-refractivity contribution in [2.75, 3.05) is 23.3 Å². The second kappa shape index (κ2) is 11.3. The average molecular weight is 589 g/mol. The molecule has 1 atom stereocenters. The minimum absolute atomic E-state index is 0.0610. The Morgan fingerprint density at radius 1 is 1.09 bits per heavy atom. The number of carbonyl (C=O) groups is 3. The van der Waals surface area contributed by atoms with Crippen molar-refractivity contribution in [1.29, 1.82) is 0 Å². The van der Waals surface area contributed by atoms with Crippen molar-refractivity contribution >= 4 is 123 Å². The summed E-state index contributed by atoms with van der Waals surface area (Å²) < 4.78 is 5.97. The number of amides is 4. The standard InChI is InChI=1S/C29H20B5N5O4S/c1-3-17(40)38-9-7-13(11-38)36-27(41)26-24-18-16(6-8-35-28(18)44-26)39(29(42)37-24)15-5-4-14(10-12(15)2)43-25-22(33)20(31)19(30)21(32)23(25)34/h3-6,8,10,13H,1,7,9,11H2,2H3,(H,36,41)(H,37,42)/t13-/m1/s1. The van der Waals surface area contributed by atoms with Crippen LogP contribution >= 0.6 is 11.3 Å². The summed E-state index contributed by atoms with van der Waals surface area (Å²) in [6.07, 6.45) is 3.47. The van der Waals surface area contributed by atoms with Crippen molar-refractivity contribution in [3.63, 3.8) is 0 Å². The highest BCUT2D eigenvalue weighted by atomic mass is 32.1. The van der Waals surface area contributed by atoms with Gasteiger partial charge in [-0.05, 0) is 49.2 Å². The Morgan fingerprint density at radius 2 is 1.80 bits per heavy atom. The Kier molecular flexibility index (Phi) is 7.61. The summed E-state index contributed by atoms with van der Waals surface area (Å²) in [4.78, 5) is 47.5. The van der Waals surface area contributed by atoms with Crippen molar-refractivity contribution in [1.82, 2.24) is 15.2 Å². The molecule has 0 unspecified atom stereocenters. The van der Waals surface area contributed by atoms with E-state index in [1.165, 1.54) is 22.3 Å². The predicted molar refractivity (Wildman–Crippen MR) is 178 cm³/mol. The number of nitrogens with one attached hydrogen (secondary N) is 2. The molecule has 4 heterocycles. The lowest BCUT2D eigenvalue weighted by Gasteiger charge is -2.30. The molecule has 2 aromatic carbocycles. The zero-order chi connectivity index (χ0) is 31.4. The number of carbonyl (C=O) groups excluding carboxylic acids is 3. The van der Waals surface area contributed by atoms with Gasteiger partial charge >= 0.3 is 6.03 Å². The Morgan fingerprint density at radius 3 is 2.48 bits per heavy atom. The number of anilines is 3. The molecule has 1 fully saturated rings. The van der Waals surface area contributed by atoms with E-state index in [1.807, 2.05) is 6.92 Å². The van der Waals surface area contributed by atoms with E-state index in [4.69, 9.17) is 44.0 Å². The number of likely N-dealkylation sites (tertiary alicyclic amines) is 1. The zero-order valence-electron chi connectivity index (χ0n) is 23.6. The molecular formula is C29H20B5N5O4S. The molecule has 10 radical (unpaired) electrons. The number of pyridine rings is 1. The molecule has 0 spiro atoms. The molecule has 4 aromatic rings. The molecule has 0 aliphatic carbocycles. The lowest BCUT2D eigenvalue weighted by Crippen LogP contribution is -2.54. The van der Waals surface area contributed by atoms with E-state index in [1.54, 1.807) is 35.4 Å². The zero-order valence-corrected chi connectivity index (χ0v) is 24.5. The topological polar surface area (TPSA) is 104 Å². The molecule has 2 N–H and O–H groups in total. The molecule has 1 saturated heterocycles. The van der Waals surface area contributed by atoms with E-state index in [-0.39, 0.29) is 50.9 Å². The van der Waals surface area contributed by atoms with E-state index in [0.717, 1.165) is 0 Å². The molecule has 2 aromatic heterocycles. The Balaban J connectivity index is 1.30. The minimum atomic E-state index is -0.453. The number of thiophene rings is 1. The predicted octanol–water partition coefficient (Wildman–Crippen LogP) is -0.434. The number of rotatable bonds is 6. The largest absolute Gasteiger partial charge is 0.459 e. The SMILES string of the molecule is [B]c1c([B])c([B])c(Oc2ccc(N3C(=O)Nc4c(C(=O)N[C@@H]5CCN(C(=O)C=C)C5)sc5nccc3c45)c(C)c2)c([B])c1[B]. The molecule has 0 saturated carbocycles. The molecule has 6 rings (SSSR count). The Hall–Kier alpha value is -4.38. The molecule has 2 aliphatic rings. The molecule has 15 heteroatoms. The van der Waals surface area contributed by atoms with Gasteiger partial charge in [0, 0.05) is 25.3 Å². The highest BCUT2D eigenvalue weighted by Crippen LogP contribution is 2.46. The number of hydrogen-bond acceptors (Lipinski definition) is 6. The van der Waals surface area contributed by atoms with Gasteiger partial charge in [-0.1, -0.05) is 17.5 Å². The molecule has 4 amide bonds. The van der Waals surface area contributed by atoms with Gasteiger partial charge in [-0.3, -0.25) is 14.5 Å². The summed E-state index contributed by atoms with van der Waals surface area (Å²) in [5, 5.41) is 6.53. The monoisotopic (exact) mass is 589 g/mol. The van der Waals surface area contributed by atoms with Crippen LogP contribution in [0.3, 0.4) is 0 Å². The summed E-state index contributed by atoms with van der Waals surface area (Å²) in [5.41, 5.74) is 2.56. The van der Waals surface area contributed by atoms with Crippen LogP contribution in [0.25, 0.3) is 10.2 Å². The smallest absolute Gasteiger partial charge is 0.331 e. The molecule has 44 heavy (non-hydrogen) atoms. The highest BCUT2D eigenvalue weighted by molar-refractivity contribution is 7.21. The van der Waals surface area contributed by atoms with Crippen LogP contribution in [0.5, 0.6) is 11.5 Å². The minimum Gasteiger partial charge on any atom is -0.459 e. The van der Waals surface area contributed by atoms with E-state index in [9.17, 15) is 14.4 Å². The first-order chi connectivity index (χ1) is 21.0. The molecule has 2 aliphatic heterocycles. The fourth-order valence-electron chi connectivity index (χ4n) is 5.44. The van der Waals surface area contributed by atoms with E-state index in [2.05, 4.69) is 22.2 Å². The molecular weight excluding hydrogens is 568 g/mol. The maximum atomic E-state index is 13.6. The highest BCUT2D eigenvalue weighted by Gasteiger charge is 2.34. The van der Waals surface area contributed by atoms with Gasteiger partial charge < -0.3 is 20.3 Å². The number of benzene rings is 2. The van der Waals surface area contributed by atoms with Gasteiger partial charge in [0.05, 0.1) is 22.4 Å². The van der Waals surface area contributed by atoms with Gasteiger partial charge in [0.2, 0.25) is 5.91 Å². The summed E-state index contributed by atoms with van der Waals surface area (Å²) in [7, 11) is 30.0. The van der Waals surface area contributed by atoms with Crippen LogP contribution < -0.4 is 47.6 Å². The van der Waals surface area contributed by atoms with Gasteiger partial charge in [0.15, 0.2) is 0 Å². The maximum absolute atomic E-state index is 13.6. The van der Waals surface area contributed by atoms with E-state index >= 15 is 0 Å². The molecule has 9 nitrogen and oxygen atoms in total. The van der Waals surface area contributed by atoms with Crippen molar-refractivity contribution < 1.29 is 19.1 Å². The number of ether oxygens (including phenoxy) is 1. The van der Waals surface area contributed by atoms with Gasteiger partial charge in [-0.25, -0.2) is 9.78 Å². The number of aryl methyl sites for hydroxylation is 1. The van der Waals surface area contributed by atoms with Crippen LogP contribution in [0, 0.1) is 6.92 Å². The first kappa shape index (κ1) is 29.7. The quantitative estimate of drug-likeness (QED) is 0.235. The fourth-order valence-corrected chi connectivity index (χ4v) is 6.46. The van der Waals surface area contributed by atoms with Crippen molar-refractivity contribution in [2.24, 2.45) is 0 Å². The van der Waals surface area contributed by atoms with Gasteiger partial charge in [-0.2, -0.15) is 0 Å². The van der Waals surface area contributed by atoms with Crippen molar-refractivity contribution in [3.05, 3.63) is 53.6 Å². The van der Waals surface area contributed by atoms with E-state index in [0.29, 0.717) is 63.0 Å². The summed E-state index contributed by atoms with van der Waals surface area (Å²) in [6, 6.07) is 6.13. The van der Waals surface area contributed by atoms with Gasteiger partial charge in [-0.15, -0.1) is 27.7 Å². The van der Waals surface area contributed by atoms with Gasteiger partial charge in [0.25, 0.3) is 5.91 Å². The number of nitrogens with zero attached hydrogens (tertiary/aromatic N) is 3. The third kappa shape index (κ3) is 4.89. The third-order valence-electron chi connectivity index (χ3n) is 7.74. The molecule has 206 valence electrons. The summed E-state index contributed by atoms with van der Waals surface area (Å²) in [6.45, 7) is 6.25. The summed E-state index contributed by atoms with van der Waals surface area (Å²) >= 11 is 1.18. The number of hydrogen-bond donors (Lipinski definition) is 2. The van der Waals surface area contributed by atoms with Gasteiger partial charge in [0.1, 0.15) is 60.4 Å². The fraction of sp³-hybridized carbons (Fsp3) is 0.172. The third-order valence-corrected chi connectivity index (χ3v) is 8.84. The summed E-state index contributed by atoms with van der Waals surface area (Å²) in [5.74, 6) is -0.0660. The van der Waals surface area contributed by atoms with Crippen LogP contribution in [0.4, 0.5) is 21.9 Å². The number of aromatic nitrogens is 1. The van der Waals surface area contributed by atoms with E-state index < -0.39 is 6.03 Å². The lowest BCUT2D eigenvalue weighted by molar-refractivity contribution is -0.125.